The molecule has 0 atom stereocenters. The predicted octanol–water partition coefficient (Wildman–Crippen LogP) is 3.33. The maximum atomic E-state index is 11.4. The number of amides is 8. The fraction of sp³-hybridized carbons (Fsp3) is 0.681. The van der Waals surface area contributed by atoms with Crippen LogP contribution in [0.1, 0.15) is 163 Å². The number of hydrogen-bond acceptors (Lipinski definition) is 27. The van der Waals surface area contributed by atoms with Gasteiger partial charge in [0.05, 0.1) is 39.6 Å². The number of rotatable bonds is 21. The summed E-state index contributed by atoms with van der Waals surface area (Å²) < 4.78 is 18.4. The Hall–Kier alpha value is -7.91. The van der Waals surface area contributed by atoms with Crippen LogP contribution in [0.15, 0.2) is 0 Å². The van der Waals surface area contributed by atoms with Gasteiger partial charge in [0.15, 0.2) is 0 Å². The van der Waals surface area contributed by atoms with Crippen molar-refractivity contribution in [1.82, 2.24) is 20.3 Å². The van der Waals surface area contributed by atoms with Crippen molar-refractivity contribution in [3.63, 3.8) is 0 Å². The molecule has 33 nitrogen and oxygen atoms in total. The molecule has 0 radical (unpaired) electrons. The minimum absolute atomic E-state index is 0. The van der Waals surface area contributed by atoms with Crippen LogP contribution < -0.4 is 0 Å². The van der Waals surface area contributed by atoms with Gasteiger partial charge in [0, 0.05) is 51.4 Å². The van der Waals surface area contributed by atoms with Crippen LogP contribution in [0.25, 0.3) is 0 Å². The van der Waals surface area contributed by atoms with E-state index < -0.39 is 102 Å². The Morgan fingerprint density at radius 2 is 0.537 bits per heavy atom. The summed E-state index contributed by atoms with van der Waals surface area (Å²) in [7, 11) is 0. The normalized spacial score (nSPS) is 13.0. The van der Waals surface area contributed by atoms with Gasteiger partial charge in [0.25, 0.3) is 47.3 Å². The SMILES string of the molecule is C.C.C.C.C.C.C.C.C.O=C(CC(=O)OCCO)OCCO.O=C(O)CC(=O)O.O=C(OCCCCCCCOC(=O)ON1C(=O)CCC1=O)ON1C(=O)CCC1=O.O=C(ON1C(=O)CCC1=O)ON1C(=O)CCC1=O.OCCO. The fourth-order valence-corrected chi connectivity index (χ4v) is 4.71. The third-order valence-electron chi connectivity index (χ3n) is 7.81. The van der Waals surface area contributed by atoms with Gasteiger partial charge in [-0.25, -0.2) is 9.59 Å². The quantitative estimate of drug-likeness (QED) is 0.0315. The zero-order chi connectivity index (χ0) is 53.9. The van der Waals surface area contributed by atoms with Crippen LogP contribution in [0, 0.1) is 0 Å². The van der Waals surface area contributed by atoms with E-state index in [0.29, 0.717) is 23.0 Å². The molecule has 33 heteroatoms. The Morgan fingerprint density at radius 1 is 0.312 bits per heavy atom. The Kier molecular flexibility index (Phi) is 64.3. The summed E-state index contributed by atoms with van der Waals surface area (Å²) in [6.45, 7) is -0.918. The fourth-order valence-electron chi connectivity index (χ4n) is 4.71. The molecule has 0 bridgehead atoms. The Morgan fingerprint density at radius 3 is 0.738 bits per heavy atom. The van der Waals surface area contributed by atoms with E-state index in [1.807, 2.05) is 0 Å². The minimum Gasteiger partial charge on any atom is -0.481 e. The van der Waals surface area contributed by atoms with Gasteiger partial charge in [0.2, 0.25) is 0 Å². The lowest BCUT2D eigenvalue weighted by Crippen LogP contribution is -2.37. The van der Waals surface area contributed by atoms with Crippen molar-refractivity contribution < 1.29 is 141 Å². The van der Waals surface area contributed by atoms with Crippen molar-refractivity contribution in [2.75, 3.05) is 52.9 Å². The lowest BCUT2D eigenvalue weighted by Gasteiger charge is -2.15. The van der Waals surface area contributed by atoms with Crippen LogP contribution in [0.4, 0.5) is 14.4 Å². The van der Waals surface area contributed by atoms with E-state index in [9.17, 15) is 71.9 Å². The highest BCUT2D eigenvalue weighted by atomic mass is 16.9. The van der Waals surface area contributed by atoms with Gasteiger partial charge < -0.3 is 49.6 Å². The molecule has 0 unspecified atom stereocenters. The predicted molar refractivity (Wildman–Crippen MR) is 275 cm³/mol. The maximum absolute atomic E-state index is 11.4. The first-order chi connectivity index (χ1) is 33.6. The van der Waals surface area contributed by atoms with Crippen molar-refractivity contribution in [2.45, 2.75) is 163 Å². The summed E-state index contributed by atoms with van der Waals surface area (Å²) in [5, 5.41) is 48.5. The number of ether oxygens (including phenoxy) is 4. The zero-order valence-electron chi connectivity index (χ0n) is 37.6. The van der Waals surface area contributed by atoms with Gasteiger partial charge in [-0.3, -0.25) is 76.9 Å². The molecule has 0 aliphatic carbocycles. The number of carboxylic acids is 2. The highest BCUT2D eigenvalue weighted by Gasteiger charge is 2.38. The van der Waals surface area contributed by atoms with E-state index in [-0.39, 0.29) is 181 Å². The summed E-state index contributed by atoms with van der Waals surface area (Å²) in [4.78, 5) is 182. The van der Waals surface area contributed by atoms with Crippen LogP contribution in [0.3, 0.4) is 0 Å². The lowest BCUT2D eigenvalue weighted by atomic mass is 10.1. The second kappa shape index (κ2) is 54.4. The molecule has 4 rings (SSSR count). The van der Waals surface area contributed by atoms with E-state index in [1.54, 1.807) is 0 Å². The van der Waals surface area contributed by atoms with E-state index in [0.717, 1.165) is 19.3 Å². The Balaban J connectivity index is -0.000000105. The van der Waals surface area contributed by atoms with Crippen molar-refractivity contribution in [1.29, 1.82) is 0 Å². The second-order valence-corrected chi connectivity index (χ2v) is 13.4. The van der Waals surface area contributed by atoms with Crippen molar-refractivity contribution in [3.8, 4) is 0 Å². The molecule has 0 aromatic rings. The zero-order valence-corrected chi connectivity index (χ0v) is 37.6. The number of carboxylic acid groups (broad SMARTS) is 2. The first-order valence-electron chi connectivity index (χ1n) is 20.8. The molecule has 80 heavy (non-hydrogen) atoms. The number of hydrogen-bond donors (Lipinski definition) is 6. The average molecular weight is 1170 g/mol. The maximum Gasteiger partial charge on any atom is 0.560 e. The molecule has 4 heterocycles. The molecule has 4 aliphatic heterocycles. The largest absolute Gasteiger partial charge is 0.560 e. The van der Waals surface area contributed by atoms with E-state index in [4.69, 9.17) is 40.1 Å². The van der Waals surface area contributed by atoms with Crippen LogP contribution >= 0.6 is 0 Å². The number of aliphatic hydroxyl groups is 4. The molecule has 0 aromatic carbocycles. The number of nitrogens with zero attached hydrogens (tertiary/aromatic N) is 4. The first kappa shape index (κ1) is 94.5. The number of carbonyl (C=O) groups excluding carboxylic acids is 13. The van der Waals surface area contributed by atoms with Gasteiger partial charge in [0.1, 0.15) is 26.1 Å². The molecular formula is C47H88N4O29. The molecule has 0 saturated carbocycles. The summed E-state index contributed by atoms with van der Waals surface area (Å²) in [6.07, 6.45) is -1.82. The molecule has 8 amide bonds. The minimum atomic E-state index is -1.48. The van der Waals surface area contributed by atoms with Gasteiger partial charge in [-0.15, -0.1) is 0 Å². The third kappa shape index (κ3) is 42.2. The molecule has 4 fully saturated rings. The molecular weight excluding hydrogens is 1080 g/mol. The van der Waals surface area contributed by atoms with Crippen LogP contribution in [-0.2, 0) is 95.8 Å². The van der Waals surface area contributed by atoms with E-state index in [1.165, 1.54) is 0 Å². The monoisotopic (exact) mass is 1170 g/mol. The lowest BCUT2D eigenvalue weighted by molar-refractivity contribution is -0.198. The molecule has 0 aromatic heterocycles. The Bertz CT molecular complexity index is 1720. The highest BCUT2D eigenvalue weighted by Crippen LogP contribution is 2.17. The Labute approximate surface area is 466 Å². The number of imide groups is 4. The van der Waals surface area contributed by atoms with Crippen molar-refractivity contribution in [3.05, 3.63) is 0 Å². The number of aliphatic hydroxyl groups excluding tert-OH is 4. The molecule has 4 saturated heterocycles. The molecule has 470 valence electrons. The van der Waals surface area contributed by atoms with Crippen LogP contribution in [-0.4, -0.2) is 193 Å². The first-order valence-corrected chi connectivity index (χ1v) is 20.8. The molecule has 6 N–H and O–H groups in total. The van der Waals surface area contributed by atoms with Gasteiger partial charge in [-0.1, -0.05) is 106 Å². The standard InChI is InChI=1S/C17H22N2O10.C9H8N2O7.C7H12O6.C3H4O4.C2H6O2.9CH4/c20-12-6-7-13(21)18(12)28-16(24)26-10-4-2-1-3-5-11-27-17(25)29-19-14(22)8-9-15(19)23;12-5-1-2-6(13)10(5)17-9(16)18-11-7(14)3-4-8(11)15;8-1-3-12-6(10)5-7(11)13-4-2-9;4-2(5)1-3(6)7;3-1-2-4;;;;;;;;;/h1-11H2;1-4H2;8-9H,1-5H2;1H2,(H,4,5)(H,6,7);3-4H,1-2H2;9*1H4. The summed E-state index contributed by atoms with van der Waals surface area (Å²) in [5.74, 6) is -9.16. The number of carbonyl (C=O) groups is 15. The van der Waals surface area contributed by atoms with Crippen molar-refractivity contribution >= 4 is 89.6 Å². The third-order valence-corrected chi connectivity index (χ3v) is 7.81. The van der Waals surface area contributed by atoms with E-state index >= 15 is 0 Å². The van der Waals surface area contributed by atoms with E-state index in [2.05, 4.69) is 28.8 Å². The topological polar surface area (TPSA) is 464 Å². The van der Waals surface area contributed by atoms with Gasteiger partial charge in [-0.2, -0.15) is 4.79 Å². The summed E-state index contributed by atoms with van der Waals surface area (Å²) >= 11 is 0. The van der Waals surface area contributed by atoms with Gasteiger partial charge in [-0.05, 0) is 12.8 Å². The number of esters is 2. The number of aliphatic carboxylic acids is 2. The van der Waals surface area contributed by atoms with Gasteiger partial charge >= 0.3 is 42.3 Å². The smallest absolute Gasteiger partial charge is 0.481 e. The average Bonchev–Trinajstić information content (AvgIpc) is 4.02. The molecule has 4 aliphatic rings. The van der Waals surface area contributed by atoms with Crippen molar-refractivity contribution in [2.24, 2.45) is 0 Å². The summed E-state index contributed by atoms with van der Waals surface area (Å²) in [5.41, 5.74) is 0. The molecule has 0 spiro atoms. The second-order valence-electron chi connectivity index (χ2n) is 13.4. The van der Waals surface area contributed by atoms with Crippen LogP contribution in [0.5, 0.6) is 0 Å². The van der Waals surface area contributed by atoms with Crippen LogP contribution in [0.2, 0.25) is 0 Å². The number of hydroxylamine groups is 8. The number of unbranched alkanes of at least 4 members (excludes halogenated alkanes) is 4. The summed E-state index contributed by atoms with van der Waals surface area (Å²) in [6, 6.07) is 0. The highest BCUT2D eigenvalue weighted by molar-refractivity contribution is 6.03.